The van der Waals surface area contributed by atoms with E-state index in [4.69, 9.17) is 4.74 Å². The Morgan fingerprint density at radius 3 is 2.50 bits per heavy atom. The van der Waals surface area contributed by atoms with E-state index in [1.807, 2.05) is 18.2 Å². The topological polar surface area (TPSA) is 21.3 Å². The Bertz CT molecular complexity index is 468. The number of methoxy groups -OCH3 is 1. The van der Waals surface area contributed by atoms with Crippen molar-refractivity contribution >= 4 is 0 Å². The molecular weight excluding hydrogens is 222 g/mol. The molecule has 0 unspecified atom stereocenters. The fourth-order valence-corrected chi connectivity index (χ4v) is 1.89. The van der Waals surface area contributed by atoms with Crippen molar-refractivity contribution < 1.29 is 4.74 Å². The Morgan fingerprint density at radius 2 is 1.72 bits per heavy atom. The molecule has 0 saturated carbocycles. The average molecular weight is 241 g/mol. The molecule has 2 aromatic carbocycles. The zero-order valence-corrected chi connectivity index (χ0v) is 10.7. The van der Waals surface area contributed by atoms with Gasteiger partial charge in [0.15, 0.2) is 0 Å². The third kappa shape index (κ3) is 3.90. The van der Waals surface area contributed by atoms with Gasteiger partial charge in [0.05, 0.1) is 7.11 Å². The number of nitrogens with one attached hydrogen (secondary N) is 1. The molecule has 2 rings (SSSR count). The number of benzene rings is 2. The molecule has 0 aliphatic heterocycles. The Balaban J connectivity index is 1.75. The highest BCUT2D eigenvalue weighted by Gasteiger charge is 1.96. The van der Waals surface area contributed by atoms with E-state index in [-0.39, 0.29) is 0 Å². The van der Waals surface area contributed by atoms with Crippen LogP contribution in [-0.2, 0) is 13.0 Å². The first-order valence-electron chi connectivity index (χ1n) is 6.26. The van der Waals surface area contributed by atoms with E-state index in [0.29, 0.717) is 0 Å². The predicted octanol–water partition coefficient (Wildman–Crippen LogP) is 3.03. The molecule has 94 valence electrons. The van der Waals surface area contributed by atoms with Gasteiger partial charge in [0.2, 0.25) is 0 Å². The lowest BCUT2D eigenvalue weighted by atomic mass is 10.1. The van der Waals surface area contributed by atoms with Gasteiger partial charge in [0, 0.05) is 6.54 Å². The summed E-state index contributed by atoms with van der Waals surface area (Å²) < 4.78 is 5.21. The summed E-state index contributed by atoms with van der Waals surface area (Å²) in [5.74, 6) is 0.926. The van der Waals surface area contributed by atoms with E-state index in [2.05, 4.69) is 41.7 Å². The molecule has 0 bridgehead atoms. The highest BCUT2D eigenvalue weighted by Crippen LogP contribution is 2.12. The zero-order chi connectivity index (χ0) is 12.6. The van der Waals surface area contributed by atoms with Crippen LogP contribution in [0.15, 0.2) is 54.6 Å². The van der Waals surface area contributed by atoms with Crippen molar-refractivity contribution in [2.24, 2.45) is 0 Å². The highest BCUT2D eigenvalue weighted by atomic mass is 16.5. The molecule has 0 atom stereocenters. The van der Waals surface area contributed by atoms with Crippen LogP contribution in [0.3, 0.4) is 0 Å². The normalized spacial score (nSPS) is 10.3. The van der Waals surface area contributed by atoms with Gasteiger partial charge in [-0.3, -0.25) is 0 Å². The zero-order valence-electron chi connectivity index (χ0n) is 10.7. The molecule has 0 aliphatic rings. The number of ether oxygens (including phenoxy) is 1. The quantitative estimate of drug-likeness (QED) is 0.785. The van der Waals surface area contributed by atoms with Crippen LogP contribution < -0.4 is 10.1 Å². The first-order valence-corrected chi connectivity index (χ1v) is 6.26. The molecule has 0 saturated heterocycles. The highest BCUT2D eigenvalue weighted by molar-refractivity contribution is 5.28. The summed E-state index contributed by atoms with van der Waals surface area (Å²) in [5.41, 5.74) is 2.62. The molecular formula is C16H19NO. The summed E-state index contributed by atoms with van der Waals surface area (Å²) in [6.45, 7) is 1.90. The van der Waals surface area contributed by atoms with Gasteiger partial charge >= 0.3 is 0 Å². The van der Waals surface area contributed by atoms with Gasteiger partial charge in [-0.2, -0.15) is 0 Å². The molecule has 2 aromatic rings. The fraction of sp³-hybridized carbons (Fsp3) is 0.250. The molecule has 0 fully saturated rings. The molecule has 0 aromatic heterocycles. The Labute approximate surface area is 109 Å². The van der Waals surface area contributed by atoms with E-state index in [0.717, 1.165) is 25.3 Å². The fourth-order valence-electron chi connectivity index (χ4n) is 1.89. The van der Waals surface area contributed by atoms with E-state index in [9.17, 15) is 0 Å². The standard InChI is InChI=1S/C16H19NO/c1-18-16-9-5-8-14(12-16)10-11-17-13-15-6-3-2-4-7-15/h2-9,12,17H,10-11,13H2,1H3. The van der Waals surface area contributed by atoms with Gasteiger partial charge in [-0.1, -0.05) is 42.5 Å². The monoisotopic (exact) mass is 241 g/mol. The summed E-state index contributed by atoms with van der Waals surface area (Å²) >= 11 is 0. The second kappa shape index (κ2) is 6.82. The first-order chi connectivity index (χ1) is 8.88. The third-order valence-electron chi connectivity index (χ3n) is 2.90. The number of hydrogen-bond acceptors (Lipinski definition) is 2. The van der Waals surface area contributed by atoms with Crippen LogP contribution in [-0.4, -0.2) is 13.7 Å². The lowest BCUT2D eigenvalue weighted by Gasteiger charge is -2.06. The molecule has 18 heavy (non-hydrogen) atoms. The predicted molar refractivity (Wildman–Crippen MR) is 74.8 cm³/mol. The molecule has 0 amide bonds. The van der Waals surface area contributed by atoms with Crippen molar-refractivity contribution in [3.8, 4) is 5.75 Å². The molecule has 0 aliphatic carbocycles. The van der Waals surface area contributed by atoms with Crippen molar-refractivity contribution in [3.63, 3.8) is 0 Å². The molecule has 0 radical (unpaired) electrons. The minimum absolute atomic E-state index is 0.921. The van der Waals surface area contributed by atoms with E-state index in [1.54, 1.807) is 7.11 Å². The smallest absolute Gasteiger partial charge is 0.119 e. The van der Waals surface area contributed by atoms with Gasteiger partial charge < -0.3 is 10.1 Å². The SMILES string of the molecule is COc1cccc(CCNCc2ccccc2)c1. The Hall–Kier alpha value is -1.80. The van der Waals surface area contributed by atoms with Crippen LogP contribution >= 0.6 is 0 Å². The largest absolute Gasteiger partial charge is 0.497 e. The van der Waals surface area contributed by atoms with Gasteiger partial charge in [-0.15, -0.1) is 0 Å². The molecule has 2 heteroatoms. The number of rotatable bonds is 6. The van der Waals surface area contributed by atoms with Crippen molar-refractivity contribution in [2.45, 2.75) is 13.0 Å². The van der Waals surface area contributed by atoms with E-state index in [1.165, 1.54) is 11.1 Å². The van der Waals surface area contributed by atoms with Gasteiger partial charge in [-0.05, 0) is 36.2 Å². The van der Waals surface area contributed by atoms with Crippen molar-refractivity contribution in [2.75, 3.05) is 13.7 Å². The second-order valence-electron chi connectivity index (χ2n) is 4.26. The lowest BCUT2D eigenvalue weighted by molar-refractivity contribution is 0.414. The van der Waals surface area contributed by atoms with Crippen LogP contribution in [0.25, 0.3) is 0 Å². The minimum Gasteiger partial charge on any atom is -0.497 e. The van der Waals surface area contributed by atoms with Gasteiger partial charge in [0.25, 0.3) is 0 Å². The van der Waals surface area contributed by atoms with Gasteiger partial charge in [-0.25, -0.2) is 0 Å². The van der Waals surface area contributed by atoms with Crippen LogP contribution in [0.1, 0.15) is 11.1 Å². The summed E-state index contributed by atoms with van der Waals surface area (Å²) in [7, 11) is 1.70. The maximum absolute atomic E-state index is 5.21. The minimum atomic E-state index is 0.921. The van der Waals surface area contributed by atoms with Crippen molar-refractivity contribution in [1.29, 1.82) is 0 Å². The summed E-state index contributed by atoms with van der Waals surface area (Å²) in [6.07, 6.45) is 1.02. The van der Waals surface area contributed by atoms with Crippen molar-refractivity contribution in [1.82, 2.24) is 5.32 Å². The van der Waals surface area contributed by atoms with Gasteiger partial charge in [0.1, 0.15) is 5.75 Å². The maximum Gasteiger partial charge on any atom is 0.119 e. The first kappa shape index (κ1) is 12.7. The van der Waals surface area contributed by atoms with Crippen LogP contribution in [0, 0.1) is 0 Å². The summed E-state index contributed by atoms with van der Waals surface area (Å²) in [5, 5.41) is 3.45. The molecule has 0 spiro atoms. The van der Waals surface area contributed by atoms with Crippen LogP contribution in [0.4, 0.5) is 0 Å². The maximum atomic E-state index is 5.21. The second-order valence-corrected chi connectivity index (χ2v) is 4.26. The summed E-state index contributed by atoms with van der Waals surface area (Å²) in [6, 6.07) is 18.7. The summed E-state index contributed by atoms with van der Waals surface area (Å²) in [4.78, 5) is 0. The third-order valence-corrected chi connectivity index (χ3v) is 2.90. The lowest BCUT2D eigenvalue weighted by Crippen LogP contribution is -2.16. The van der Waals surface area contributed by atoms with Crippen molar-refractivity contribution in [3.05, 3.63) is 65.7 Å². The molecule has 1 N–H and O–H groups in total. The van der Waals surface area contributed by atoms with Crippen LogP contribution in [0.2, 0.25) is 0 Å². The van der Waals surface area contributed by atoms with E-state index < -0.39 is 0 Å². The molecule has 0 heterocycles. The van der Waals surface area contributed by atoms with E-state index >= 15 is 0 Å². The Kier molecular flexibility index (Phi) is 4.79. The molecule has 2 nitrogen and oxygen atoms in total. The van der Waals surface area contributed by atoms with Crippen LogP contribution in [0.5, 0.6) is 5.75 Å². The Morgan fingerprint density at radius 1 is 0.944 bits per heavy atom. The average Bonchev–Trinajstić information content (AvgIpc) is 2.45. The number of hydrogen-bond donors (Lipinski definition) is 1.